The monoisotopic (exact) mass is 521 g/mol. The number of anilines is 1. The van der Waals surface area contributed by atoms with Gasteiger partial charge in [-0.05, 0) is 48.1 Å². The Kier molecular flexibility index (Phi) is 9.75. The molecule has 0 saturated carbocycles. The Morgan fingerprint density at radius 3 is 2.17 bits per heavy atom. The summed E-state index contributed by atoms with van der Waals surface area (Å²) in [5, 5.41) is 3.27. The number of nitrogens with one attached hydrogen (secondary N) is 1. The van der Waals surface area contributed by atoms with Crippen LogP contribution in [0, 0.1) is 0 Å². The Bertz CT molecular complexity index is 1130. The number of rotatable bonds is 10. The first kappa shape index (κ1) is 28.7. The van der Waals surface area contributed by atoms with Crippen molar-refractivity contribution in [3.63, 3.8) is 0 Å². The molecule has 1 atom stereocenters. The molecule has 1 unspecified atom stereocenters. The Morgan fingerprint density at radius 1 is 1.06 bits per heavy atom. The van der Waals surface area contributed by atoms with E-state index >= 15 is 0 Å². The smallest absolute Gasteiger partial charge is 0.244 e. The number of benzene rings is 2. The molecule has 2 rings (SSSR count). The second-order valence-corrected chi connectivity index (χ2v) is 12.0. The molecule has 2 amide bonds. The van der Waals surface area contributed by atoms with Crippen LogP contribution in [0.25, 0.3) is 0 Å². The molecule has 0 aromatic heterocycles. The first-order valence-corrected chi connectivity index (χ1v) is 13.9. The lowest BCUT2D eigenvalue weighted by Gasteiger charge is -2.32. The van der Waals surface area contributed by atoms with Crippen molar-refractivity contribution in [3.8, 4) is 0 Å². The first-order chi connectivity index (χ1) is 16.3. The van der Waals surface area contributed by atoms with Crippen molar-refractivity contribution >= 4 is 39.1 Å². The highest BCUT2D eigenvalue weighted by atomic mass is 35.5. The van der Waals surface area contributed by atoms with Gasteiger partial charge < -0.3 is 10.2 Å². The predicted molar refractivity (Wildman–Crippen MR) is 142 cm³/mol. The summed E-state index contributed by atoms with van der Waals surface area (Å²) in [6.07, 6.45) is 1.82. The molecular weight excluding hydrogens is 486 g/mol. The molecule has 1 N–H and O–H groups in total. The molecule has 0 bridgehead atoms. The largest absolute Gasteiger partial charge is 0.354 e. The number of hydrogen-bond donors (Lipinski definition) is 1. The zero-order chi connectivity index (χ0) is 26.4. The zero-order valence-electron chi connectivity index (χ0n) is 21.3. The molecule has 0 radical (unpaired) electrons. The van der Waals surface area contributed by atoms with Gasteiger partial charge in [0.2, 0.25) is 21.8 Å². The first-order valence-electron chi connectivity index (χ1n) is 11.6. The molecule has 7 nitrogen and oxygen atoms in total. The van der Waals surface area contributed by atoms with Gasteiger partial charge in [-0.3, -0.25) is 13.9 Å². The second kappa shape index (κ2) is 11.9. The highest BCUT2D eigenvalue weighted by Gasteiger charge is 2.30. The maximum absolute atomic E-state index is 13.5. The van der Waals surface area contributed by atoms with Crippen molar-refractivity contribution in [2.75, 3.05) is 23.7 Å². The van der Waals surface area contributed by atoms with Crippen LogP contribution in [-0.2, 0) is 31.6 Å². The molecule has 35 heavy (non-hydrogen) atoms. The van der Waals surface area contributed by atoms with E-state index in [1.165, 1.54) is 4.90 Å². The Balaban J connectivity index is 2.39. The topological polar surface area (TPSA) is 86.8 Å². The van der Waals surface area contributed by atoms with E-state index in [-0.39, 0.29) is 17.9 Å². The third kappa shape index (κ3) is 7.97. The maximum Gasteiger partial charge on any atom is 0.244 e. The van der Waals surface area contributed by atoms with Gasteiger partial charge in [0, 0.05) is 18.1 Å². The molecule has 0 aliphatic heterocycles. The number of nitrogens with zero attached hydrogens (tertiary/aromatic N) is 2. The molecular formula is C26H36ClN3O4S. The van der Waals surface area contributed by atoms with E-state index in [1.54, 1.807) is 43.3 Å². The van der Waals surface area contributed by atoms with Crippen molar-refractivity contribution in [2.45, 2.75) is 59.0 Å². The van der Waals surface area contributed by atoms with Gasteiger partial charge >= 0.3 is 0 Å². The average Bonchev–Trinajstić information content (AvgIpc) is 2.78. The van der Waals surface area contributed by atoms with E-state index in [1.807, 2.05) is 19.1 Å². The SMILES string of the molecule is CCCNC(=O)C(C)N(Cc1ccccc1Cl)C(=O)CN(c1ccc(C(C)(C)C)cc1)S(C)(=O)=O. The van der Waals surface area contributed by atoms with Crippen LogP contribution in [0.5, 0.6) is 0 Å². The van der Waals surface area contributed by atoms with Crippen LogP contribution in [0.15, 0.2) is 48.5 Å². The standard InChI is InChI=1S/C26H36ClN3O4S/c1-7-16-28-25(32)19(2)29(17-20-10-8-9-11-23(20)27)24(31)18-30(35(6,33)34)22-14-12-21(13-15-22)26(3,4)5/h8-15,19H,7,16-18H2,1-6H3,(H,28,32). The number of halogens is 1. The Morgan fingerprint density at radius 2 is 1.66 bits per heavy atom. The summed E-state index contributed by atoms with van der Waals surface area (Å²) in [6.45, 7) is 9.87. The summed E-state index contributed by atoms with van der Waals surface area (Å²) in [5.41, 5.74) is 1.99. The van der Waals surface area contributed by atoms with Crippen molar-refractivity contribution < 1.29 is 18.0 Å². The number of hydrogen-bond acceptors (Lipinski definition) is 4. The van der Waals surface area contributed by atoms with Crippen molar-refractivity contribution in [2.24, 2.45) is 0 Å². The van der Waals surface area contributed by atoms with Crippen LogP contribution in [0.4, 0.5) is 5.69 Å². The van der Waals surface area contributed by atoms with Crippen molar-refractivity contribution in [3.05, 3.63) is 64.7 Å². The summed E-state index contributed by atoms with van der Waals surface area (Å²) < 4.78 is 26.4. The lowest BCUT2D eigenvalue weighted by atomic mass is 9.87. The molecule has 2 aromatic rings. The number of carbonyl (C=O) groups excluding carboxylic acids is 2. The van der Waals surface area contributed by atoms with Crippen molar-refractivity contribution in [1.82, 2.24) is 10.2 Å². The lowest BCUT2D eigenvalue weighted by Crippen LogP contribution is -2.51. The number of amides is 2. The van der Waals surface area contributed by atoms with Crippen LogP contribution in [0.3, 0.4) is 0 Å². The van der Waals surface area contributed by atoms with Crippen LogP contribution in [0.2, 0.25) is 5.02 Å². The molecule has 0 spiro atoms. The fraction of sp³-hybridized carbons (Fsp3) is 0.462. The van der Waals surface area contributed by atoms with Gasteiger partial charge in [-0.2, -0.15) is 0 Å². The zero-order valence-corrected chi connectivity index (χ0v) is 22.9. The average molecular weight is 522 g/mol. The van der Waals surface area contributed by atoms with E-state index in [0.717, 1.165) is 22.5 Å². The Hall–Kier alpha value is -2.58. The third-order valence-electron chi connectivity index (χ3n) is 5.72. The number of sulfonamides is 1. The molecule has 0 fully saturated rings. The molecule has 0 heterocycles. The van der Waals surface area contributed by atoms with Gasteiger partial charge in [-0.1, -0.05) is 69.6 Å². The molecule has 0 aliphatic rings. The molecule has 0 saturated heterocycles. The van der Waals surface area contributed by atoms with Gasteiger partial charge in [-0.25, -0.2) is 8.42 Å². The maximum atomic E-state index is 13.5. The number of carbonyl (C=O) groups is 2. The summed E-state index contributed by atoms with van der Waals surface area (Å²) >= 11 is 6.32. The van der Waals surface area contributed by atoms with E-state index in [4.69, 9.17) is 11.6 Å². The van der Waals surface area contributed by atoms with Gasteiger partial charge in [-0.15, -0.1) is 0 Å². The molecule has 2 aromatic carbocycles. The highest BCUT2D eigenvalue weighted by molar-refractivity contribution is 7.92. The summed E-state index contributed by atoms with van der Waals surface area (Å²) in [7, 11) is -3.78. The van der Waals surface area contributed by atoms with Crippen LogP contribution >= 0.6 is 11.6 Å². The van der Waals surface area contributed by atoms with Gasteiger partial charge in [0.05, 0.1) is 11.9 Å². The molecule has 0 aliphatic carbocycles. The highest BCUT2D eigenvalue weighted by Crippen LogP contribution is 2.26. The molecule has 9 heteroatoms. The molecule has 192 valence electrons. The van der Waals surface area contributed by atoms with Crippen molar-refractivity contribution in [1.29, 1.82) is 0 Å². The van der Waals surface area contributed by atoms with Crippen LogP contribution < -0.4 is 9.62 Å². The third-order valence-corrected chi connectivity index (χ3v) is 7.22. The minimum Gasteiger partial charge on any atom is -0.354 e. The minimum atomic E-state index is -3.78. The summed E-state index contributed by atoms with van der Waals surface area (Å²) in [4.78, 5) is 27.6. The normalized spacial score (nSPS) is 12.7. The van der Waals surface area contributed by atoms with E-state index in [9.17, 15) is 18.0 Å². The van der Waals surface area contributed by atoms with Crippen LogP contribution in [0.1, 0.15) is 52.2 Å². The van der Waals surface area contributed by atoms with Gasteiger partial charge in [0.25, 0.3) is 0 Å². The van der Waals surface area contributed by atoms with Gasteiger partial charge in [0.15, 0.2) is 0 Å². The van der Waals surface area contributed by atoms with Gasteiger partial charge in [0.1, 0.15) is 12.6 Å². The predicted octanol–water partition coefficient (Wildman–Crippen LogP) is 4.35. The summed E-state index contributed by atoms with van der Waals surface area (Å²) in [6, 6.07) is 13.4. The fourth-order valence-electron chi connectivity index (χ4n) is 3.53. The quantitative estimate of drug-likeness (QED) is 0.503. The van der Waals surface area contributed by atoms with E-state index < -0.39 is 28.5 Å². The lowest BCUT2D eigenvalue weighted by molar-refractivity contribution is -0.139. The van der Waals surface area contributed by atoms with E-state index in [2.05, 4.69) is 26.1 Å². The minimum absolute atomic E-state index is 0.0692. The fourth-order valence-corrected chi connectivity index (χ4v) is 4.58. The second-order valence-electron chi connectivity index (χ2n) is 9.65. The van der Waals surface area contributed by atoms with E-state index in [0.29, 0.717) is 22.8 Å². The summed E-state index contributed by atoms with van der Waals surface area (Å²) in [5.74, 6) is -0.818. The Labute approximate surface area is 214 Å². The van der Waals surface area contributed by atoms with Crippen LogP contribution in [-0.4, -0.2) is 50.5 Å².